The van der Waals surface area contributed by atoms with Gasteiger partial charge in [-0.1, -0.05) is 19.1 Å². The van der Waals surface area contributed by atoms with Crippen LogP contribution in [0.3, 0.4) is 0 Å². The molecular weight excluding hydrogens is 190 g/mol. The zero-order valence-electron chi connectivity index (χ0n) is 9.45. The van der Waals surface area contributed by atoms with Crippen molar-refractivity contribution in [2.45, 2.75) is 39.5 Å². The number of hydrogen-bond donors (Lipinski definition) is 2. The molecule has 1 heterocycles. The van der Waals surface area contributed by atoms with E-state index in [0.717, 1.165) is 18.7 Å². The van der Waals surface area contributed by atoms with E-state index >= 15 is 0 Å². The lowest BCUT2D eigenvalue weighted by Crippen LogP contribution is -2.31. The number of aromatic nitrogens is 4. The smallest absolute Gasteiger partial charge is 0.175 e. The standard InChI is InChI=1S/C10H19N5/c1-9(2)3-4-10(6-9,7-11)5-8-12-14-15-13-8/h3-7,11H2,1-2H3,(H,12,13,14,15). The zero-order valence-corrected chi connectivity index (χ0v) is 9.45. The molecular formula is C10H19N5. The lowest BCUT2D eigenvalue weighted by Gasteiger charge is -2.28. The first-order valence-electron chi connectivity index (χ1n) is 5.48. The number of hydrogen-bond acceptors (Lipinski definition) is 4. The zero-order chi connectivity index (χ0) is 10.9. The van der Waals surface area contributed by atoms with Crippen LogP contribution in [0.5, 0.6) is 0 Å². The van der Waals surface area contributed by atoms with Gasteiger partial charge in [0.2, 0.25) is 0 Å². The van der Waals surface area contributed by atoms with Crippen LogP contribution in [-0.2, 0) is 6.42 Å². The van der Waals surface area contributed by atoms with E-state index in [0.29, 0.717) is 12.0 Å². The third kappa shape index (κ3) is 2.17. The van der Waals surface area contributed by atoms with Crippen LogP contribution in [-0.4, -0.2) is 27.2 Å². The average molecular weight is 209 g/mol. The minimum atomic E-state index is 0.188. The van der Waals surface area contributed by atoms with Gasteiger partial charge in [0.1, 0.15) is 0 Å². The van der Waals surface area contributed by atoms with Crippen LogP contribution in [0.4, 0.5) is 0 Å². The Morgan fingerprint density at radius 1 is 1.40 bits per heavy atom. The molecule has 5 heteroatoms. The third-order valence-electron chi connectivity index (χ3n) is 3.54. The van der Waals surface area contributed by atoms with Gasteiger partial charge in [-0.3, -0.25) is 0 Å². The molecule has 84 valence electrons. The molecule has 5 nitrogen and oxygen atoms in total. The molecule has 1 atom stereocenters. The molecule has 0 bridgehead atoms. The Morgan fingerprint density at radius 3 is 2.67 bits per heavy atom. The molecule has 0 aliphatic heterocycles. The summed E-state index contributed by atoms with van der Waals surface area (Å²) in [4.78, 5) is 0. The van der Waals surface area contributed by atoms with Crippen molar-refractivity contribution >= 4 is 0 Å². The first-order chi connectivity index (χ1) is 7.05. The molecule has 0 saturated heterocycles. The predicted molar refractivity (Wildman–Crippen MR) is 57.0 cm³/mol. The van der Waals surface area contributed by atoms with Gasteiger partial charge in [0, 0.05) is 6.42 Å². The quantitative estimate of drug-likeness (QED) is 0.775. The Balaban J connectivity index is 2.10. The predicted octanol–water partition coefficient (Wildman–Crippen LogP) is 0.897. The summed E-state index contributed by atoms with van der Waals surface area (Å²) in [6, 6.07) is 0. The molecule has 1 unspecified atom stereocenters. The number of nitrogens with one attached hydrogen (secondary N) is 1. The largest absolute Gasteiger partial charge is 0.330 e. The van der Waals surface area contributed by atoms with Crippen LogP contribution in [0.25, 0.3) is 0 Å². The van der Waals surface area contributed by atoms with E-state index in [1.165, 1.54) is 12.8 Å². The van der Waals surface area contributed by atoms with Crippen LogP contribution in [0, 0.1) is 10.8 Å². The summed E-state index contributed by atoms with van der Waals surface area (Å²) < 4.78 is 0. The maximum atomic E-state index is 5.92. The van der Waals surface area contributed by atoms with Gasteiger partial charge in [-0.25, -0.2) is 0 Å². The second-order valence-corrected chi connectivity index (χ2v) is 5.55. The summed E-state index contributed by atoms with van der Waals surface area (Å²) in [6.45, 7) is 5.33. The van der Waals surface area contributed by atoms with E-state index in [4.69, 9.17) is 5.73 Å². The van der Waals surface area contributed by atoms with Crippen molar-refractivity contribution in [1.82, 2.24) is 20.6 Å². The monoisotopic (exact) mass is 209 g/mol. The Bertz CT molecular complexity index is 319. The molecule has 1 saturated carbocycles. The van der Waals surface area contributed by atoms with Crippen molar-refractivity contribution in [2.24, 2.45) is 16.6 Å². The molecule has 1 aliphatic rings. The summed E-state index contributed by atoms with van der Waals surface area (Å²) in [6.07, 6.45) is 4.42. The Hall–Kier alpha value is -0.970. The SMILES string of the molecule is CC1(C)CCC(CN)(Cc2nn[nH]n2)C1. The van der Waals surface area contributed by atoms with Crippen molar-refractivity contribution in [3.63, 3.8) is 0 Å². The highest BCUT2D eigenvalue weighted by Gasteiger charge is 2.42. The van der Waals surface area contributed by atoms with Crippen LogP contribution in [0.2, 0.25) is 0 Å². The van der Waals surface area contributed by atoms with Crippen LogP contribution >= 0.6 is 0 Å². The fourth-order valence-corrected chi connectivity index (χ4v) is 2.79. The van der Waals surface area contributed by atoms with Gasteiger partial charge in [-0.15, -0.1) is 10.2 Å². The number of H-pyrrole nitrogens is 1. The van der Waals surface area contributed by atoms with Gasteiger partial charge >= 0.3 is 0 Å². The van der Waals surface area contributed by atoms with Crippen molar-refractivity contribution in [2.75, 3.05) is 6.54 Å². The first-order valence-corrected chi connectivity index (χ1v) is 5.48. The van der Waals surface area contributed by atoms with E-state index < -0.39 is 0 Å². The van der Waals surface area contributed by atoms with E-state index in [-0.39, 0.29) is 5.41 Å². The number of rotatable bonds is 3. The van der Waals surface area contributed by atoms with E-state index in [1.54, 1.807) is 0 Å². The Kier molecular flexibility index (Phi) is 2.50. The molecule has 0 spiro atoms. The van der Waals surface area contributed by atoms with Gasteiger partial charge in [-0.2, -0.15) is 5.21 Å². The van der Waals surface area contributed by atoms with Gasteiger partial charge in [0.15, 0.2) is 5.82 Å². The summed E-state index contributed by atoms with van der Waals surface area (Å²) in [5.41, 5.74) is 6.51. The lowest BCUT2D eigenvalue weighted by molar-refractivity contribution is 0.255. The van der Waals surface area contributed by atoms with Crippen molar-refractivity contribution < 1.29 is 0 Å². The Labute approximate surface area is 89.8 Å². The van der Waals surface area contributed by atoms with Crippen molar-refractivity contribution in [1.29, 1.82) is 0 Å². The summed E-state index contributed by atoms with van der Waals surface area (Å²) >= 11 is 0. The maximum Gasteiger partial charge on any atom is 0.175 e. The van der Waals surface area contributed by atoms with Crippen molar-refractivity contribution in [3.05, 3.63) is 5.82 Å². The molecule has 1 aromatic heterocycles. The first kappa shape index (κ1) is 10.5. The van der Waals surface area contributed by atoms with E-state index in [2.05, 4.69) is 34.5 Å². The number of tetrazole rings is 1. The summed E-state index contributed by atoms with van der Waals surface area (Å²) in [7, 11) is 0. The molecule has 1 fully saturated rings. The van der Waals surface area contributed by atoms with E-state index in [1.807, 2.05) is 0 Å². The fourth-order valence-electron chi connectivity index (χ4n) is 2.79. The maximum absolute atomic E-state index is 5.92. The highest BCUT2D eigenvalue weighted by Crippen LogP contribution is 2.49. The van der Waals surface area contributed by atoms with E-state index in [9.17, 15) is 0 Å². The highest BCUT2D eigenvalue weighted by atomic mass is 15.5. The second-order valence-electron chi connectivity index (χ2n) is 5.55. The lowest BCUT2D eigenvalue weighted by atomic mass is 9.79. The second kappa shape index (κ2) is 3.56. The third-order valence-corrected chi connectivity index (χ3v) is 3.54. The molecule has 0 radical (unpaired) electrons. The van der Waals surface area contributed by atoms with Crippen LogP contribution < -0.4 is 5.73 Å². The molecule has 0 aromatic carbocycles. The molecule has 3 N–H and O–H groups in total. The minimum absolute atomic E-state index is 0.188. The summed E-state index contributed by atoms with van der Waals surface area (Å²) in [5.74, 6) is 0.790. The number of nitrogens with zero attached hydrogens (tertiary/aromatic N) is 3. The fraction of sp³-hybridized carbons (Fsp3) is 0.900. The topological polar surface area (TPSA) is 80.5 Å². The van der Waals surface area contributed by atoms with Crippen molar-refractivity contribution in [3.8, 4) is 0 Å². The normalized spacial score (nSPS) is 29.5. The minimum Gasteiger partial charge on any atom is -0.330 e. The highest BCUT2D eigenvalue weighted by molar-refractivity contribution is 4.99. The molecule has 15 heavy (non-hydrogen) atoms. The van der Waals surface area contributed by atoms with Crippen LogP contribution in [0.15, 0.2) is 0 Å². The molecule has 0 amide bonds. The number of nitrogens with two attached hydrogens (primary N) is 1. The Morgan fingerprint density at radius 2 is 2.20 bits per heavy atom. The van der Waals surface area contributed by atoms with Gasteiger partial charge in [-0.05, 0) is 36.6 Å². The number of aromatic amines is 1. The summed E-state index contributed by atoms with van der Waals surface area (Å²) in [5, 5.41) is 14.1. The molecule has 1 aliphatic carbocycles. The molecule has 2 rings (SSSR count). The average Bonchev–Trinajstić information content (AvgIpc) is 2.75. The molecule has 1 aromatic rings. The van der Waals surface area contributed by atoms with Crippen LogP contribution in [0.1, 0.15) is 38.9 Å². The van der Waals surface area contributed by atoms with Gasteiger partial charge in [0.25, 0.3) is 0 Å². The van der Waals surface area contributed by atoms with Gasteiger partial charge < -0.3 is 5.73 Å². The van der Waals surface area contributed by atoms with Gasteiger partial charge in [0.05, 0.1) is 0 Å².